The normalized spacial score (nSPS) is 10.6. The fourth-order valence-corrected chi connectivity index (χ4v) is 2.15. The van der Waals surface area contributed by atoms with Crippen molar-refractivity contribution in [3.8, 4) is 0 Å². The van der Waals surface area contributed by atoms with Gasteiger partial charge < -0.3 is 10.4 Å². The van der Waals surface area contributed by atoms with Crippen molar-refractivity contribution >= 4 is 11.7 Å². The number of nitrogens with one attached hydrogen (secondary N) is 1. The van der Waals surface area contributed by atoms with E-state index in [1.807, 2.05) is 12.1 Å². The Balaban J connectivity index is 1.85. The lowest BCUT2D eigenvalue weighted by Crippen LogP contribution is -2.05. The van der Waals surface area contributed by atoms with Crippen molar-refractivity contribution < 1.29 is 9.90 Å². The lowest BCUT2D eigenvalue weighted by Gasteiger charge is -2.09. The number of anilines is 1. The van der Waals surface area contributed by atoms with Crippen LogP contribution in [0.15, 0.2) is 48.5 Å². The zero-order valence-electron chi connectivity index (χ0n) is 12.5. The first-order valence-electron chi connectivity index (χ1n) is 7.22. The van der Waals surface area contributed by atoms with Crippen molar-refractivity contribution in [1.82, 2.24) is 0 Å². The minimum absolute atomic E-state index is 0.330. The van der Waals surface area contributed by atoms with Gasteiger partial charge in [-0.1, -0.05) is 38.1 Å². The van der Waals surface area contributed by atoms with Crippen molar-refractivity contribution in [2.24, 2.45) is 0 Å². The summed E-state index contributed by atoms with van der Waals surface area (Å²) in [7, 11) is 0. The molecule has 0 fully saturated rings. The summed E-state index contributed by atoms with van der Waals surface area (Å²) in [4.78, 5) is 10.8. The topological polar surface area (TPSA) is 49.3 Å². The lowest BCUT2D eigenvalue weighted by atomic mass is 10.0. The molecule has 0 heterocycles. The van der Waals surface area contributed by atoms with Gasteiger partial charge in [0.2, 0.25) is 0 Å². The molecule has 0 radical (unpaired) electrons. The van der Waals surface area contributed by atoms with Gasteiger partial charge in [0.05, 0.1) is 5.56 Å². The Morgan fingerprint density at radius 3 is 2.19 bits per heavy atom. The first-order chi connectivity index (χ1) is 10.1. The molecule has 2 aromatic rings. The smallest absolute Gasteiger partial charge is 0.335 e. The molecular weight excluding hydrogens is 262 g/mol. The van der Waals surface area contributed by atoms with Gasteiger partial charge >= 0.3 is 5.97 Å². The second kappa shape index (κ2) is 6.93. The molecule has 0 aliphatic rings. The Morgan fingerprint density at radius 1 is 1.05 bits per heavy atom. The SMILES string of the molecule is CC(C)c1ccc(NCCc2ccc(C(=O)O)cc2)cc1. The van der Waals surface area contributed by atoms with Gasteiger partial charge in [-0.2, -0.15) is 0 Å². The van der Waals surface area contributed by atoms with Gasteiger partial charge in [-0.15, -0.1) is 0 Å². The molecular formula is C18H21NO2. The molecule has 0 amide bonds. The highest BCUT2D eigenvalue weighted by Gasteiger charge is 2.02. The first kappa shape index (κ1) is 15.1. The predicted molar refractivity (Wildman–Crippen MR) is 86.1 cm³/mol. The van der Waals surface area contributed by atoms with Crippen LogP contribution >= 0.6 is 0 Å². The van der Waals surface area contributed by atoms with Crippen molar-refractivity contribution in [2.75, 3.05) is 11.9 Å². The summed E-state index contributed by atoms with van der Waals surface area (Å²) in [6, 6.07) is 15.5. The average Bonchev–Trinajstić information content (AvgIpc) is 2.48. The highest BCUT2D eigenvalue weighted by atomic mass is 16.4. The number of hydrogen-bond donors (Lipinski definition) is 2. The van der Waals surface area contributed by atoms with Gasteiger partial charge in [0.1, 0.15) is 0 Å². The maximum atomic E-state index is 10.8. The van der Waals surface area contributed by atoms with Crippen LogP contribution in [0.3, 0.4) is 0 Å². The average molecular weight is 283 g/mol. The van der Waals surface area contributed by atoms with Crippen molar-refractivity contribution in [3.05, 3.63) is 65.2 Å². The Hall–Kier alpha value is -2.29. The third kappa shape index (κ3) is 4.35. The molecule has 0 atom stereocenters. The fourth-order valence-electron chi connectivity index (χ4n) is 2.15. The standard InChI is InChI=1S/C18H21NO2/c1-13(2)15-7-9-17(10-8-15)19-12-11-14-3-5-16(6-4-14)18(20)21/h3-10,13,19H,11-12H2,1-2H3,(H,20,21). The number of carboxylic acids is 1. The van der Waals surface area contributed by atoms with Crippen LogP contribution in [0.2, 0.25) is 0 Å². The van der Waals surface area contributed by atoms with Crippen LogP contribution in [0, 0.1) is 0 Å². The minimum atomic E-state index is -0.884. The van der Waals surface area contributed by atoms with Crippen molar-refractivity contribution in [2.45, 2.75) is 26.2 Å². The van der Waals surface area contributed by atoms with Crippen LogP contribution in [-0.2, 0) is 6.42 Å². The largest absolute Gasteiger partial charge is 0.478 e. The number of carboxylic acid groups (broad SMARTS) is 1. The van der Waals surface area contributed by atoms with Gasteiger partial charge in [0.25, 0.3) is 0 Å². The van der Waals surface area contributed by atoms with E-state index in [9.17, 15) is 4.79 Å². The summed E-state index contributed by atoms with van der Waals surface area (Å²) < 4.78 is 0. The number of rotatable bonds is 6. The van der Waals surface area contributed by atoms with Crippen LogP contribution in [-0.4, -0.2) is 17.6 Å². The zero-order chi connectivity index (χ0) is 15.2. The van der Waals surface area contributed by atoms with Gasteiger partial charge in [-0.3, -0.25) is 0 Å². The lowest BCUT2D eigenvalue weighted by molar-refractivity contribution is 0.0697. The number of aromatic carboxylic acids is 1. The summed E-state index contributed by atoms with van der Waals surface area (Å²) >= 11 is 0. The van der Waals surface area contributed by atoms with E-state index in [1.54, 1.807) is 12.1 Å². The van der Waals surface area contributed by atoms with E-state index in [-0.39, 0.29) is 0 Å². The van der Waals surface area contributed by atoms with E-state index in [0.29, 0.717) is 11.5 Å². The molecule has 0 aliphatic carbocycles. The van der Waals surface area contributed by atoms with E-state index >= 15 is 0 Å². The number of benzene rings is 2. The van der Waals surface area contributed by atoms with E-state index in [4.69, 9.17) is 5.11 Å². The molecule has 21 heavy (non-hydrogen) atoms. The number of carbonyl (C=O) groups is 1. The Morgan fingerprint density at radius 2 is 1.67 bits per heavy atom. The van der Waals surface area contributed by atoms with E-state index in [2.05, 4.69) is 43.4 Å². The summed E-state index contributed by atoms with van der Waals surface area (Å²) in [6.45, 7) is 5.19. The van der Waals surface area contributed by atoms with Gasteiger partial charge in [0, 0.05) is 12.2 Å². The molecule has 0 aromatic heterocycles. The predicted octanol–water partition coefficient (Wildman–Crippen LogP) is 4.16. The van der Waals surface area contributed by atoms with E-state index in [1.165, 1.54) is 5.56 Å². The molecule has 0 spiro atoms. The molecule has 0 aliphatic heterocycles. The van der Waals surface area contributed by atoms with Gasteiger partial charge in [0.15, 0.2) is 0 Å². The monoisotopic (exact) mass is 283 g/mol. The Labute approximate surface area is 125 Å². The Bertz CT molecular complexity index is 586. The fraction of sp³-hybridized carbons (Fsp3) is 0.278. The van der Waals surface area contributed by atoms with E-state index < -0.39 is 5.97 Å². The van der Waals surface area contributed by atoms with Crippen molar-refractivity contribution in [3.63, 3.8) is 0 Å². The molecule has 3 nitrogen and oxygen atoms in total. The van der Waals surface area contributed by atoms with Gasteiger partial charge in [-0.25, -0.2) is 4.79 Å². The van der Waals surface area contributed by atoms with Crippen LogP contribution < -0.4 is 5.32 Å². The zero-order valence-corrected chi connectivity index (χ0v) is 12.5. The highest BCUT2D eigenvalue weighted by molar-refractivity contribution is 5.87. The number of hydrogen-bond acceptors (Lipinski definition) is 2. The summed E-state index contributed by atoms with van der Waals surface area (Å²) in [5.41, 5.74) is 3.91. The molecule has 0 saturated heterocycles. The molecule has 0 bridgehead atoms. The second-order valence-corrected chi connectivity index (χ2v) is 5.46. The second-order valence-electron chi connectivity index (χ2n) is 5.46. The highest BCUT2D eigenvalue weighted by Crippen LogP contribution is 2.17. The molecule has 110 valence electrons. The first-order valence-corrected chi connectivity index (χ1v) is 7.22. The molecule has 0 saturated carbocycles. The minimum Gasteiger partial charge on any atom is -0.478 e. The molecule has 3 heteroatoms. The quantitative estimate of drug-likeness (QED) is 0.836. The summed E-state index contributed by atoms with van der Waals surface area (Å²) in [5, 5.41) is 12.2. The van der Waals surface area contributed by atoms with Crippen molar-refractivity contribution in [1.29, 1.82) is 0 Å². The molecule has 2 rings (SSSR count). The van der Waals surface area contributed by atoms with Crippen LogP contribution in [0.25, 0.3) is 0 Å². The van der Waals surface area contributed by atoms with Crippen LogP contribution in [0.5, 0.6) is 0 Å². The maximum Gasteiger partial charge on any atom is 0.335 e. The molecule has 2 aromatic carbocycles. The summed E-state index contributed by atoms with van der Waals surface area (Å²) in [6.07, 6.45) is 0.867. The summed E-state index contributed by atoms with van der Waals surface area (Å²) in [5.74, 6) is -0.336. The van der Waals surface area contributed by atoms with Crippen LogP contribution in [0.1, 0.15) is 41.3 Å². The van der Waals surface area contributed by atoms with E-state index in [0.717, 1.165) is 24.2 Å². The third-order valence-electron chi connectivity index (χ3n) is 3.52. The molecule has 0 unspecified atom stereocenters. The maximum absolute atomic E-state index is 10.8. The molecule has 2 N–H and O–H groups in total. The van der Waals surface area contributed by atoms with Crippen LogP contribution in [0.4, 0.5) is 5.69 Å². The Kier molecular flexibility index (Phi) is 4.99. The third-order valence-corrected chi connectivity index (χ3v) is 3.52. The van der Waals surface area contributed by atoms with Gasteiger partial charge in [-0.05, 0) is 47.7 Å².